The van der Waals surface area contributed by atoms with Gasteiger partial charge in [-0.3, -0.25) is 4.79 Å². The van der Waals surface area contributed by atoms with Crippen molar-refractivity contribution in [3.05, 3.63) is 35.6 Å². The average Bonchev–Trinajstić information content (AvgIpc) is 2.90. The molecule has 2 heterocycles. The van der Waals surface area contributed by atoms with Crippen molar-refractivity contribution < 1.29 is 17.6 Å². The Kier molecular flexibility index (Phi) is 2.74. The smallest absolute Gasteiger partial charge is 0.202 e. The molecule has 0 N–H and O–H groups in total. The number of benzene rings is 1. The molecule has 0 spiro atoms. The Morgan fingerprint density at radius 3 is 2.79 bits per heavy atom. The van der Waals surface area contributed by atoms with E-state index in [0.717, 1.165) is 10.9 Å². The number of aryl methyl sites for hydroxylation is 1. The lowest BCUT2D eigenvalue weighted by Gasteiger charge is -2.02. The molecule has 100 valence electrons. The minimum Gasteiger partial charge on any atom is -0.453 e. The van der Waals surface area contributed by atoms with E-state index in [9.17, 15) is 13.2 Å². The summed E-state index contributed by atoms with van der Waals surface area (Å²) in [5.74, 6) is -0.339. The maximum absolute atomic E-state index is 12.2. The van der Waals surface area contributed by atoms with Gasteiger partial charge in [-0.25, -0.2) is 8.42 Å². The van der Waals surface area contributed by atoms with Crippen LogP contribution in [0.25, 0.3) is 11.0 Å². The van der Waals surface area contributed by atoms with Crippen molar-refractivity contribution >= 4 is 26.6 Å². The summed E-state index contributed by atoms with van der Waals surface area (Å²) in [5.41, 5.74) is 1.76. The minimum absolute atomic E-state index is 0.0537. The zero-order chi connectivity index (χ0) is 13.6. The van der Waals surface area contributed by atoms with E-state index in [-0.39, 0.29) is 23.0 Å². The van der Waals surface area contributed by atoms with Gasteiger partial charge in [0.15, 0.2) is 15.6 Å². The summed E-state index contributed by atoms with van der Waals surface area (Å²) < 4.78 is 28.3. The van der Waals surface area contributed by atoms with Crippen LogP contribution in [0.2, 0.25) is 0 Å². The molecule has 2 aromatic rings. The summed E-state index contributed by atoms with van der Waals surface area (Å²) in [4.78, 5) is 12.2. The Morgan fingerprint density at radius 2 is 2.11 bits per heavy atom. The average molecular weight is 278 g/mol. The van der Waals surface area contributed by atoms with Gasteiger partial charge in [0.25, 0.3) is 0 Å². The van der Waals surface area contributed by atoms with Crippen LogP contribution in [0, 0.1) is 12.8 Å². The van der Waals surface area contributed by atoms with Crippen LogP contribution in [-0.4, -0.2) is 25.7 Å². The highest BCUT2D eigenvalue weighted by atomic mass is 32.2. The molecule has 1 unspecified atom stereocenters. The molecule has 1 saturated heterocycles. The van der Waals surface area contributed by atoms with Crippen LogP contribution < -0.4 is 0 Å². The lowest BCUT2D eigenvalue weighted by atomic mass is 10.0. The third-order valence-electron chi connectivity index (χ3n) is 3.52. The molecule has 1 atom stereocenters. The molecule has 1 aromatic heterocycles. The van der Waals surface area contributed by atoms with Crippen LogP contribution in [0.5, 0.6) is 0 Å². The van der Waals surface area contributed by atoms with E-state index in [1.54, 1.807) is 6.07 Å². The minimum atomic E-state index is -3.05. The van der Waals surface area contributed by atoms with E-state index in [4.69, 9.17) is 4.42 Å². The summed E-state index contributed by atoms with van der Waals surface area (Å²) in [6.45, 7) is 1.97. The first-order chi connectivity index (χ1) is 8.94. The fourth-order valence-electron chi connectivity index (χ4n) is 2.49. The van der Waals surface area contributed by atoms with Crippen LogP contribution >= 0.6 is 0 Å². The van der Waals surface area contributed by atoms with Gasteiger partial charge in [0.1, 0.15) is 5.58 Å². The number of sulfone groups is 1. The standard InChI is InChI=1S/C14H14O4S/c1-9-2-3-12-11(6-9)7-13(18-12)14(15)10-4-5-19(16,17)8-10/h2-3,6-7,10H,4-5,8H2,1H3. The molecule has 0 radical (unpaired) electrons. The summed E-state index contributed by atoms with van der Waals surface area (Å²) in [5, 5.41) is 0.879. The Morgan fingerprint density at radius 1 is 1.32 bits per heavy atom. The molecule has 0 amide bonds. The maximum atomic E-state index is 12.2. The molecule has 1 fully saturated rings. The Hall–Kier alpha value is -1.62. The van der Waals surface area contributed by atoms with Gasteiger partial charge >= 0.3 is 0 Å². The summed E-state index contributed by atoms with van der Waals surface area (Å²) >= 11 is 0. The van der Waals surface area contributed by atoms with Crippen LogP contribution in [0.4, 0.5) is 0 Å². The van der Waals surface area contributed by atoms with Crippen LogP contribution in [0.15, 0.2) is 28.7 Å². The van der Waals surface area contributed by atoms with E-state index < -0.39 is 15.8 Å². The van der Waals surface area contributed by atoms with Gasteiger partial charge in [0, 0.05) is 11.3 Å². The maximum Gasteiger partial charge on any atom is 0.202 e. The van der Waals surface area contributed by atoms with E-state index in [1.807, 2.05) is 25.1 Å². The first kappa shape index (κ1) is 12.4. The van der Waals surface area contributed by atoms with Gasteiger partial charge in [-0.05, 0) is 31.5 Å². The SMILES string of the molecule is Cc1ccc2oc(C(=O)C3CCS(=O)(=O)C3)cc2c1. The van der Waals surface area contributed by atoms with Crippen molar-refractivity contribution in [1.82, 2.24) is 0 Å². The highest BCUT2D eigenvalue weighted by Gasteiger charge is 2.34. The number of carbonyl (C=O) groups excluding carboxylic acids is 1. The number of rotatable bonds is 2. The highest BCUT2D eigenvalue weighted by Crippen LogP contribution is 2.27. The summed E-state index contributed by atoms with van der Waals surface area (Å²) in [6, 6.07) is 7.39. The Labute approximate surface area is 111 Å². The first-order valence-corrected chi connectivity index (χ1v) is 8.01. The number of carbonyl (C=O) groups is 1. The lowest BCUT2D eigenvalue weighted by molar-refractivity contribution is 0.0907. The molecule has 0 saturated carbocycles. The third-order valence-corrected chi connectivity index (χ3v) is 5.29. The van der Waals surface area contributed by atoms with Gasteiger partial charge in [-0.15, -0.1) is 0 Å². The summed E-state index contributed by atoms with van der Waals surface area (Å²) in [6.07, 6.45) is 0.400. The van der Waals surface area contributed by atoms with Crippen molar-refractivity contribution in [2.45, 2.75) is 13.3 Å². The number of hydrogen-bond donors (Lipinski definition) is 0. The van der Waals surface area contributed by atoms with Crippen molar-refractivity contribution in [3.63, 3.8) is 0 Å². The second kappa shape index (κ2) is 4.20. The molecular weight excluding hydrogens is 264 g/mol. The second-order valence-corrected chi connectivity index (χ2v) is 7.34. The fourth-order valence-corrected chi connectivity index (χ4v) is 4.23. The Balaban J connectivity index is 1.94. The number of Topliss-reactive ketones (excluding diaryl/α,β-unsaturated/α-hetero) is 1. The molecule has 4 nitrogen and oxygen atoms in total. The molecule has 19 heavy (non-hydrogen) atoms. The topological polar surface area (TPSA) is 64.3 Å². The van der Waals surface area contributed by atoms with Crippen LogP contribution in [0.3, 0.4) is 0 Å². The van der Waals surface area contributed by atoms with E-state index >= 15 is 0 Å². The highest BCUT2D eigenvalue weighted by molar-refractivity contribution is 7.91. The monoisotopic (exact) mass is 278 g/mol. The molecule has 1 aliphatic rings. The van der Waals surface area contributed by atoms with Gasteiger partial charge in [0.2, 0.25) is 5.78 Å². The van der Waals surface area contributed by atoms with Gasteiger partial charge < -0.3 is 4.42 Å². The number of furan rings is 1. The van der Waals surface area contributed by atoms with E-state index in [2.05, 4.69) is 0 Å². The number of hydrogen-bond acceptors (Lipinski definition) is 4. The number of ketones is 1. The fraction of sp³-hybridized carbons (Fsp3) is 0.357. The number of fused-ring (bicyclic) bond motifs is 1. The predicted molar refractivity (Wildman–Crippen MR) is 72.0 cm³/mol. The van der Waals surface area contributed by atoms with Gasteiger partial charge in [-0.2, -0.15) is 0 Å². The van der Waals surface area contributed by atoms with Crippen LogP contribution in [-0.2, 0) is 9.84 Å². The lowest BCUT2D eigenvalue weighted by Crippen LogP contribution is -2.15. The first-order valence-electron chi connectivity index (χ1n) is 6.19. The van der Waals surface area contributed by atoms with Crippen molar-refractivity contribution in [1.29, 1.82) is 0 Å². The molecule has 1 aromatic carbocycles. The van der Waals surface area contributed by atoms with Crippen molar-refractivity contribution in [2.75, 3.05) is 11.5 Å². The molecule has 0 bridgehead atoms. The third kappa shape index (κ3) is 2.30. The van der Waals surface area contributed by atoms with Crippen molar-refractivity contribution in [3.8, 4) is 0 Å². The van der Waals surface area contributed by atoms with E-state index in [1.165, 1.54) is 0 Å². The molecule has 3 rings (SSSR count). The molecule has 0 aliphatic carbocycles. The Bertz CT molecular complexity index is 755. The molecular formula is C14H14O4S. The van der Waals surface area contributed by atoms with Gasteiger partial charge in [0.05, 0.1) is 11.5 Å². The summed E-state index contributed by atoms with van der Waals surface area (Å²) in [7, 11) is -3.05. The predicted octanol–water partition coefficient (Wildman–Crippen LogP) is 2.36. The van der Waals surface area contributed by atoms with Crippen LogP contribution in [0.1, 0.15) is 22.5 Å². The zero-order valence-electron chi connectivity index (χ0n) is 10.5. The quantitative estimate of drug-likeness (QED) is 0.791. The van der Waals surface area contributed by atoms with Gasteiger partial charge in [-0.1, -0.05) is 11.6 Å². The normalized spacial score (nSPS) is 21.8. The second-order valence-electron chi connectivity index (χ2n) is 5.12. The molecule has 1 aliphatic heterocycles. The largest absolute Gasteiger partial charge is 0.453 e. The van der Waals surface area contributed by atoms with E-state index in [0.29, 0.717) is 12.0 Å². The zero-order valence-corrected chi connectivity index (χ0v) is 11.4. The molecule has 5 heteroatoms. The van der Waals surface area contributed by atoms with Crippen molar-refractivity contribution in [2.24, 2.45) is 5.92 Å².